The van der Waals surface area contributed by atoms with E-state index in [1.54, 1.807) is 19.2 Å². The van der Waals surface area contributed by atoms with Gasteiger partial charge in [-0.2, -0.15) is 0 Å². The minimum atomic E-state index is -0.980. The molecule has 2 rings (SSSR count). The Morgan fingerprint density at radius 3 is 2.40 bits per heavy atom. The van der Waals surface area contributed by atoms with Crippen LogP contribution in [0.4, 0.5) is 0 Å². The number of carboxylic acid groups (broad SMARTS) is 1. The number of aliphatic hydroxyl groups excluding tert-OH is 1. The summed E-state index contributed by atoms with van der Waals surface area (Å²) in [6, 6.07) is 14.0. The molecule has 0 heterocycles. The van der Waals surface area contributed by atoms with Gasteiger partial charge >= 0.3 is 5.97 Å². The first-order valence-corrected chi connectivity index (χ1v) is 8.28. The number of carboxylic acids is 1. The maximum atomic E-state index is 11.6. The molecule has 0 saturated carbocycles. The number of benzene rings is 2. The number of methoxy groups -OCH3 is 1. The molecule has 2 aromatic rings. The quantitative estimate of drug-likeness (QED) is 0.686. The van der Waals surface area contributed by atoms with Crippen LogP contribution in [-0.2, 0) is 4.79 Å². The van der Waals surface area contributed by atoms with Gasteiger partial charge in [-0.05, 0) is 42.7 Å². The first-order valence-electron chi connectivity index (χ1n) is 8.28. The molecule has 0 aliphatic heterocycles. The Bertz CT molecular complexity index is 702. The molecule has 0 aliphatic rings. The Hall–Kier alpha value is -2.37. The van der Waals surface area contributed by atoms with Crippen molar-refractivity contribution in [2.24, 2.45) is 0 Å². The van der Waals surface area contributed by atoms with Crippen molar-refractivity contribution in [3.8, 4) is 5.75 Å². The minimum Gasteiger partial charge on any atom is -0.496 e. The molecular formula is C20H25NO4. The molecule has 0 spiro atoms. The van der Waals surface area contributed by atoms with E-state index in [0.717, 1.165) is 16.9 Å². The third-order valence-corrected chi connectivity index (χ3v) is 4.31. The van der Waals surface area contributed by atoms with Gasteiger partial charge < -0.3 is 14.9 Å². The molecule has 0 saturated heterocycles. The second-order valence-corrected chi connectivity index (χ2v) is 6.17. The average Bonchev–Trinajstić information content (AvgIpc) is 2.61. The molecule has 5 nitrogen and oxygen atoms in total. The van der Waals surface area contributed by atoms with Crippen molar-refractivity contribution in [2.75, 3.05) is 7.11 Å². The maximum Gasteiger partial charge on any atom is 0.320 e. The Balaban J connectivity index is 2.08. The molecule has 0 unspecified atom stereocenters. The van der Waals surface area contributed by atoms with E-state index in [1.807, 2.05) is 50.2 Å². The zero-order valence-electron chi connectivity index (χ0n) is 14.8. The molecule has 5 heteroatoms. The summed E-state index contributed by atoms with van der Waals surface area (Å²) >= 11 is 0. The van der Waals surface area contributed by atoms with Crippen molar-refractivity contribution in [1.29, 1.82) is 0 Å². The summed E-state index contributed by atoms with van der Waals surface area (Å²) in [5, 5.41) is 23.1. The third kappa shape index (κ3) is 5.05. The van der Waals surface area contributed by atoms with Crippen molar-refractivity contribution in [3.05, 3.63) is 65.2 Å². The Morgan fingerprint density at radius 2 is 1.84 bits per heavy atom. The lowest BCUT2D eigenvalue weighted by atomic mass is 9.98. The fourth-order valence-corrected chi connectivity index (χ4v) is 2.85. The lowest BCUT2D eigenvalue weighted by Gasteiger charge is -2.23. The smallest absolute Gasteiger partial charge is 0.320 e. The first kappa shape index (κ1) is 19.0. The highest BCUT2D eigenvalue weighted by atomic mass is 16.5. The predicted molar refractivity (Wildman–Crippen MR) is 96.7 cm³/mol. The number of hydrogen-bond donors (Lipinski definition) is 3. The molecule has 3 atom stereocenters. The van der Waals surface area contributed by atoms with E-state index in [1.165, 1.54) is 0 Å². The normalized spacial score (nSPS) is 14.6. The minimum absolute atomic E-state index is 0.0816. The number of carbonyl (C=O) groups is 1. The molecule has 0 aliphatic carbocycles. The van der Waals surface area contributed by atoms with Gasteiger partial charge in [0.05, 0.1) is 13.2 Å². The molecule has 2 aromatic carbocycles. The number of hydrogen-bond acceptors (Lipinski definition) is 4. The van der Waals surface area contributed by atoms with Crippen LogP contribution < -0.4 is 10.1 Å². The Kier molecular flexibility index (Phi) is 6.56. The topological polar surface area (TPSA) is 78.8 Å². The predicted octanol–water partition coefficient (Wildman–Crippen LogP) is 3.23. The lowest BCUT2D eigenvalue weighted by Crippen LogP contribution is -2.39. The van der Waals surface area contributed by atoms with E-state index in [-0.39, 0.29) is 12.5 Å². The molecule has 0 amide bonds. The number of nitrogens with one attached hydrogen (secondary N) is 1. The first-order chi connectivity index (χ1) is 11.9. The zero-order chi connectivity index (χ0) is 18.4. The Morgan fingerprint density at radius 1 is 1.16 bits per heavy atom. The van der Waals surface area contributed by atoms with Crippen LogP contribution in [0.3, 0.4) is 0 Å². The van der Waals surface area contributed by atoms with Gasteiger partial charge in [0.15, 0.2) is 0 Å². The van der Waals surface area contributed by atoms with Gasteiger partial charge in [0.25, 0.3) is 0 Å². The maximum absolute atomic E-state index is 11.6. The van der Waals surface area contributed by atoms with E-state index in [0.29, 0.717) is 5.56 Å². The summed E-state index contributed by atoms with van der Waals surface area (Å²) in [5.74, 6) is -0.242. The zero-order valence-corrected chi connectivity index (χ0v) is 14.8. The molecule has 0 radical (unpaired) electrons. The van der Waals surface area contributed by atoms with E-state index in [4.69, 9.17) is 4.74 Å². The molecule has 0 bridgehead atoms. The molecule has 134 valence electrons. The summed E-state index contributed by atoms with van der Waals surface area (Å²) in [6.45, 7) is 3.80. The number of aliphatic hydroxyl groups is 1. The van der Waals surface area contributed by atoms with Crippen LogP contribution in [0, 0.1) is 6.92 Å². The highest BCUT2D eigenvalue weighted by molar-refractivity contribution is 5.73. The van der Waals surface area contributed by atoms with Crippen molar-refractivity contribution >= 4 is 5.97 Å². The van der Waals surface area contributed by atoms with Crippen LogP contribution >= 0.6 is 0 Å². The van der Waals surface area contributed by atoms with Gasteiger partial charge in [-0.1, -0.05) is 36.4 Å². The molecular weight excluding hydrogens is 318 g/mol. The molecule has 0 aromatic heterocycles. The van der Waals surface area contributed by atoms with Gasteiger partial charge in [0.1, 0.15) is 11.8 Å². The summed E-state index contributed by atoms with van der Waals surface area (Å²) in [7, 11) is 1.59. The highest BCUT2D eigenvalue weighted by Crippen LogP contribution is 2.25. The van der Waals surface area contributed by atoms with E-state index < -0.39 is 18.1 Å². The fourth-order valence-electron chi connectivity index (χ4n) is 2.85. The second-order valence-electron chi connectivity index (χ2n) is 6.17. The molecule has 0 fully saturated rings. The van der Waals surface area contributed by atoms with Crippen molar-refractivity contribution in [3.63, 3.8) is 0 Å². The van der Waals surface area contributed by atoms with Gasteiger partial charge in [-0.25, -0.2) is 0 Å². The SMILES string of the molecule is COc1ccc([C@H](O)C[C@@H](N[C@H](C)c2ccccc2)C(=O)O)cc1C. The average molecular weight is 343 g/mol. The monoisotopic (exact) mass is 343 g/mol. The third-order valence-electron chi connectivity index (χ3n) is 4.31. The van der Waals surface area contributed by atoms with E-state index in [2.05, 4.69) is 5.32 Å². The van der Waals surface area contributed by atoms with Crippen LogP contribution in [0.5, 0.6) is 5.75 Å². The number of rotatable bonds is 8. The standard InChI is InChI=1S/C20H25NO4/c1-13-11-16(9-10-19(13)25-3)18(22)12-17(20(23)24)21-14(2)15-7-5-4-6-8-15/h4-11,14,17-18,21-22H,12H2,1-3H3,(H,23,24)/t14-,17-,18-/m1/s1. The highest BCUT2D eigenvalue weighted by Gasteiger charge is 2.24. The van der Waals surface area contributed by atoms with Crippen LogP contribution in [0.1, 0.15) is 42.2 Å². The van der Waals surface area contributed by atoms with Gasteiger partial charge in [0, 0.05) is 12.5 Å². The number of aryl methyl sites for hydroxylation is 1. The largest absolute Gasteiger partial charge is 0.496 e. The fraction of sp³-hybridized carbons (Fsp3) is 0.350. The van der Waals surface area contributed by atoms with Gasteiger partial charge in [-0.15, -0.1) is 0 Å². The lowest BCUT2D eigenvalue weighted by molar-refractivity contribution is -0.140. The van der Waals surface area contributed by atoms with Crippen molar-refractivity contribution in [2.45, 2.75) is 38.5 Å². The summed E-state index contributed by atoms with van der Waals surface area (Å²) in [5.41, 5.74) is 2.58. The summed E-state index contributed by atoms with van der Waals surface area (Å²) in [4.78, 5) is 11.6. The van der Waals surface area contributed by atoms with Crippen molar-refractivity contribution in [1.82, 2.24) is 5.32 Å². The summed E-state index contributed by atoms with van der Waals surface area (Å²) in [6.07, 6.45) is -0.792. The number of ether oxygens (including phenoxy) is 1. The second kappa shape index (κ2) is 8.65. The van der Waals surface area contributed by atoms with Crippen LogP contribution in [-0.4, -0.2) is 29.3 Å². The van der Waals surface area contributed by atoms with Crippen LogP contribution in [0.25, 0.3) is 0 Å². The number of aliphatic carboxylic acids is 1. The summed E-state index contributed by atoms with van der Waals surface area (Å²) < 4.78 is 5.21. The van der Waals surface area contributed by atoms with E-state index in [9.17, 15) is 15.0 Å². The molecule has 25 heavy (non-hydrogen) atoms. The van der Waals surface area contributed by atoms with Gasteiger partial charge in [-0.3, -0.25) is 10.1 Å². The van der Waals surface area contributed by atoms with Gasteiger partial charge in [0.2, 0.25) is 0 Å². The van der Waals surface area contributed by atoms with Crippen molar-refractivity contribution < 1.29 is 19.7 Å². The van der Waals surface area contributed by atoms with E-state index >= 15 is 0 Å². The Labute approximate surface area is 148 Å². The van der Waals surface area contributed by atoms with Crippen LogP contribution in [0.2, 0.25) is 0 Å². The molecule has 3 N–H and O–H groups in total. The van der Waals surface area contributed by atoms with Crippen LogP contribution in [0.15, 0.2) is 48.5 Å².